The Balaban J connectivity index is 3.74. The first-order valence-corrected chi connectivity index (χ1v) is 6.62. The summed E-state index contributed by atoms with van der Waals surface area (Å²) in [5, 5.41) is 3.56. The highest BCUT2D eigenvalue weighted by Crippen LogP contribution is 2.06. The van der Waals surface area contributed by atoms with Crippen LogP contribution in [0.25, 0.3) is 0 Å². The fraction of sp³-hybridized carbons (Fsp3) is 1.00. The number of rotatable bonds is 10. The second kappa shape index (κ2) is 10.1. The van der Waals surface area contributed by atoms with Crippen molar-refractivity contribution >= 4 is 0 Å². The van der Waals surface area contributed by atoms with Crippen LogP contribution in [0.5, 0.6) is 0 Å². The number of nitrogens with one attached hydrogen (secondary N) is 1. The second-order valence-corrected chi connectivity index (χ2v) is 4.34. The minimum atomic E-state index is -0.0489. The van der Waals surface area contributed by atoms with E-state index in [4.69, 9.17) is 9.47 Å². The van der Waals surface area contributed by atoms with Crippen molar-refractivity contribution in [1.29, 1.82) is 0 Å². The van der Waals surface area contributed by atoms with E-state index in [0.29, 0.717) is 25.2 Å². The largest absolute Gasteiger partial charge is 0.353 e. The van der Waals surface area contributed by atoms with E-state index in [9.17, 15) is 0 Å². The summed E-state index contributed by atoms with van der Waals surface area (Å²) in [5.74, 6) is 0.683. The minimum absolute atomic E-state index is 0.0489. The molecule has 0 heterocycles. The summed E-state index contributed by atoms with van der Waals surface area (Å²) in [6.07, 6.45) is 2.04. The van der Waals surface area contributed by atoms with Gasteiger partial charge in [0.2, 0.25) is 0 Å². The van der Waals surface area contributed by atoms with Crippen molar-refractivity contribution in [3.8, 4) is 0 Å². The predicted octanol–water partition coefficient (Wildman–Crippen LogP) is 2.80. The third-order valence-electron chi connectivity index (χ3n) is 2.74. The number of hydrogen-bond donors (Lipinski definition) is 1. The molecule has 0 aromatic rings. The molecule has 0 aromatic heterocycles. The van der Waals surface area contributed by atoms with Crippen molar-refractivity contribution in [2.75, 3.05) is 19.8 Å². The van der Waals surface area contributed by atoms with Crippen LogP contribution in [0.3, 0.4) is 0 Å². The molecule has 0 fully saturated rings. The predicted molar refractivity (Wildman–Crippen MR) is 68.6 cm³/mol. The van der Waals surface area contributed by atoms with Crippen molar-refractivity contribution in [3.63, 3.8) is 0 Å². The van der Waals surface area contributed by atoms with E-state index >= 15 is 0 Å². The Bertz CT molecular complexity index is 145. The normalized spacial score (nSPS) is 13.7. The van der Waals surface area contributed by atoms with E-state index in [1.165, 1.54) is 6.42 Å². The molecule has 0 spiro atoms. The molecule has 0 rings (SSSR count). The van der Waals surface area contributed by atoms with Crippen molar-refractivity contribution in [3.05, 3.63) is 0 Å². The maximum Gasteiger partial charge on any atom is 0.158 e. The quantitative estimate of drug-likeness (QED) is 0.586. The van der Waals surface area contributed by atoms with Crippen LogP contribution in [-0.4, -0.2) is 32.1 Å². The Morgan fingerprint density at radius 1 is 1.00 bits per heavy atom. The molecule has 0 radical (unpaired) electrons. The Kier molecular flexibility index (Phi) is 9.99. The van der Waals surface area contributed by atoms with Crippen molar-refractivity contribution < 1.29 is 9.47 Å². The molecule has 0 aromatic carbocycles. The fourth-order valence-corrected chi connectivity index (χ4v) is 1.82. The van der Waals surface area contributed by atoms with Gasteiger partial charge in [-0.05, 0) is 26.2 Å². The lowest BCUT2D eigenvalue weighted by atomic mass is 10.0. The lowest BCUT2D eigenvalue weighted by Crippen LogP contribution is -2.35. The van der Waals surface area contributed by atoms with Gasteiger partial charge in [-0.15, -0.1) is 0 Å². The molecule has 1 unspecified atom stereocenters. The van der Waals surface area contributed by atoms with Crippen molar-refractivity contribution in [2.24, 2.45) is 5.92 Å². The maximum atomic E-state index is 5.50. The summed E-state index contributed by atoms with van der Waals surface area (Å²) in [6.45, 7) is 13.1. The third-order valence-corrected chi connectivity index (χ3v) is 2.74. The molecule has 0 amide bonds. The molecular weight excluding hydrogens is 202 g/mol. The van der Waals surface area contributed by atoms with Crippen LogP contribution in [0.4, 0.5) is 0 Å². The first kappa shape index (κ1) is 15.9. The van der Waals surface area contributed by atoms with Gasteiger partial charge in [-0.25, -0.2) is 0 Å². The molecule has 0 saturated carbocycles. The molecule has 0 aliphatic carbocycles. The Labute approximate surface area is 101 Å². The van der Waals surface area contributed by atoms with Crippen LogP contribution >= 0.6 is 0 Å². The molecule has 0 aliphatic rings. The van der Waals surface area contributed by atoms with E-state index in [-0.39, 0.29) is 6.29 Å². The molecule has 0 saturated heterocycles. The van der Waals surface area contributed by atoms with Gasteiger partial charge in [0.15, 0.2) is 6.29 Å². The first-order chi connectivity index (χ1) is 7.65. The molecule has 98 valence electrons. The summed E-state index contributed by atoms with van der Waals surface area (Å²) in [7, 11) is 0. The highest BCUT2D eigenvalue weighted by atomic mass is 16.7. The van der Waals surface area contributed by atoms with Crippen LogP contribution in [-0.2, 0) is 9.47 Å². The lowest BCUT2D eigenvalue weighted by molar-refractivity contribution is -0.138. The Morgan fingerprint density at radius 3 is 1.94 bits per heavy atom. The maximum absolute atomic E-state index is 5.50. The molecule has 0 bridgehead atoms. The van der Waals surface area contributed by atoms with Gasteiger partial charge in [0.25, 0.3) is 0 Å². The highest BCUT2D eigenvalue weighted by molar-refractivity contribution is 4.68. The topological polar surface area (TPSA) is 30.5 Å². The van der Waals surface area contributed by atoms with Gasteiger partial charge >= 0.3 is 0 Å². The van der Waals surface area contributed by atoms with Crippen LogP contribution in [0.2, 0.25) is 0 Å². The average Bonchev–Trinajstić information content (AvgIpc) is 2.24. The van der Waals surface area contributed by atoms with Gasteiger partial charge in [-0.1, -0.05) is 20.8 Å². The molecular formula is C13H29NO2. The summed E-state index contributed by atoms with van der Waals surface area (Å²) < 4.78 is 11.0. The zero-order valence-corrected chi connectivity index (χ0v) is 11.6. The summed E-state index contributed by atoms with van der Waals surface area (Å²) in [4.78, 5) is 0. The van der Waals surface area contributed by atoms with Gasteiger partial charge in [0, 0.05) is 32.2 Å². The zero-order valence-electron chi connectivity index (χ0n) is 11.6. The first-order valence-electron chi connectivity index (χ1n) is 6.62. The summed E-state index contributed by atoms with van der Waals surface area (Å²) >= 11 is 0. The molecule has 3 heteroatoms. The third kappa shape index (κ3) is 7.20. The monoisotopic (exact) mass is 231 g/mol. The van der Waals surface area contributed by atoms with E-state index in [2.05, 4.69) is 26.1 Å². The van der Waals surface area contributed by atoms with Crippen molar-refractivity contribution in [2.45, 2.75) is 59.8 Å². The fourth-order valence-electron chi connectivity index (χ4n) is 1.82. The van der Waals surface area contributed by atoms with Crippen molar-refractivity contribution in [1.82, 2.24) is 5.32 Å². The second-order valence-electron chi connectivity index (χ2n) is 4.34. The van der Waals surface area contributed by atoms with Crippen LogP contribution in [0.1, 0.15) is 47.5 Å². The SMILES string of the molecule is CCOC(CCNC(CC)C(C)C)OCC. The molecule has 16 heavy (non-hydrogen) atoms. The van der Waals surface area contributed by atoms with Gasteiger partial charge in [-0.2, -0.15) is 0 Å². The van der Waals surface area contributed by atoms with Gasteiger partial charge in [0.1, 0.15) is 0 Å². The van der Waals surface area contributed by atoms with E-state index < -0.39 is 0 Å². The number of hydrogen-bond acceptors (Lipinski definition) is 3. The van der Waals surface area contributed by atoms with E-state index in [1.54, 1.807) is 0 Å². The van der Waals surface area contributed by atoms with Gasteiger partial charge < -0.3 is 14.8 Å². The van der Waals surface area contributed by atoms with E-state index in [1.807, 2.05) is 13.8 Å². The Morgan fingerprint density at radius 2 is 1.56 bits per heavy atom. The smallest absolute Gasteiger partial charge is 0.158 e. The molecule has 1 atom stereocenters. The lowest BCUT2D eigenvalue weighted by Gasteiger charge is -2.23. The molecule has 3 nitrogen and oxygen atoms in total. The van der Waals surface area contributed by atoms with Gasteiger partial charge in [0.05, 0.1) is 0 Å². The van der Waals surface area contributed by atoms with Crippen LogP contribution in [0.15, 0.2) is 0 Å². The van der Waals surface area contributed by atoms with Crippen LogP contribution < -0.4 is 5.32 Å². The standard InChI is InChI=1S/C13H29NO2/c1-6-12(11(4)5)14-10-9-13(15-7-2)16-8-3/h11-14H,6-10H2,1-5H3. The van der Waals surface area contributed by atoms with Crippen LogP contribution in [0, 0.1) is 5.92 Å². The Hall–Kier alpha value is -0.120. The molecule has 1 N–H and O–H groups in total. The number of ether oxygens (including phenoxy) is 2. The molecule has 0 aliphatic heterocycles. The van der Waals surface area contributed by atoms with E-state index in [0.717, 1.165) is 13.0 Å². The highest BCUT2D eigenvalue weighted by Gasteiger charge is 2.12. The summed E-state index contributed by atoms with van der Waals surface area (Å²) in [5.41, 5.74) is 0. The zero-order chi connectivity index (χ0) is 12.4. The average molecular weight is 231 g/mol. The van der Waals surface area contributed by atoms with Gasteiger partial charge in [-0.3, -0.25) is 0 Å². The minimum Gasteiger partial charge on any atom is -0.353 e. The summed E-state index contributed by atoms with van der Waals surface area (Å²) in [6, 6.07) is 0.601.